The van der Waals surface area contributed by atoms with Crippen molar-refractivity contribution in [3.63, 3.8) is 0 Å². The molecule has 0 aliphatic rings. The van der Waals surface area contributed by atoms with Crippen LogP contribution in [0.2, 0.25) is 0 Å². The summed E-state index contributed by atoms with van der Waals surface area (Å²) < 4.78 is 0. The van der Waals surface area contributed by atoms with Crippen molar-refractivity contribution in [2.24, 2.45) is 0 Å². The Morgan fingerprint density at radius 1 is 0.769 bits per heavy atom. The number of para-hydroxylation sites is 1. The molecule has 3 rings (SSSR count). The third kappa shape index (κ3) is 4.57. The molecule has 0 aliphatic heterocycles. The Morgan fingerprint density at radius 2 is 1.42 bits per heavy atom. The van der Waals surface area contributed by atoms with E-state index < -0.39 is 0 Å². The van der Waals surface area contributed by atoms with Gasteiger partial charge in [-0.15, -0.1) is 0 Å². The van der Waals surface area contributed by atoms with Crippen molar-refractivity contribution < 1.29 is 9.59 Å². The zero-order valence-electron chi connectivity index (χ0n) is 14.5. The van der Waals surface area contributed by atoms with Gasteiger partial charge < -0.3 is 10.6 Å². The van der Waals surface area contributed by atoms with Crippen LogP contribution in [0.1, 0.15) is 28.4 Å². The van der Waals surface area contributed by atoms with Gasteiger partial charge in [0.15, 0.2) is 0 Å². The molecule has 2 amide bonds. The van der Waals surface area contributed by atoms with E-state index in [0.717, 1.165) is 17.7 Å². The molecule has 3 aromatic rings. The lowest BCUT2D eigenvalue weighted by atomic mass is 10.0. The number of hydrogen-bond acceptors (Lipinski definition) is 2. The smallest absolute Gasteiger partial charge is 0.255 e. The molecule has 0 unspecified atom stereocenters. The van der Waals surface area contributed by atoms with Crippen molar-refractivity contribution in [2.75, 3.05) is 10.6 Å². The largest absolute Gasteiger partial charge is 0.326 e. The molecule has 0 spiro atoms. The lowest BCUT2D eigenvalue weighted by Gasteiger charge is -2.12. The Hall–Kier alpha value is -3.40. The Bertz CT molecular complexity index is 903. The molecule has 0 heterocycles. The first-order chi connectivity index (χ1) is 12.6. The molecule has 2 N–H and O–H groups in total. The standard InChI is InChI=1S/C22H20N2O2/c1-16(25)23-20-13-11-18(12-14-20)22(26)24-21-10-6-5-9-19(21)15-17-7-3-2-4-8-17/h2-14H,15H2,1H3,(H,23,25)(H,24,26). The molecule has 0 radical (unpaired) electrons. The third-order valence-electron chi connectivity index (χ3n) is 3.97. The minimum absolute atomic E-state index is 0.142. The summed E-state index contributed by atoms with van der Waals surface area (Å²) in [4.78, 5) is 23.6. The summed E-state index contributed by atoms with van der Waals surface area (Å²) in [7, 11) is 0. The molecule has 4 heteroatoms. The van der Waals surface area contributed by atoms with Crippen LogP contribution in [0.3, 0.4) is 0 Å². The minimum atomic E-state index is -0.181. The van der Waals surface area contributed by atoms with E-state index in [1.807, 2.05) is 42.5 Å². The SMILES string of the molecule is CC(=O)Nc1ccc(C(=O)Nc2ccccc2Cc2ccccc2)cc1. The molecular weight excluding hydrogens is 324 g/mol. The maximum Gasteiger partial charge on any atom is 0.255 e. The van der Waals surface area contributed by atoms with Gasteiger partial charge in [0.05, 0.1) is 0 Å². The van der Waals surface area contributed by atoms with Crippen LogP contribution in [0.25, 0.3) is 0 Å². The first-order valence-corrected chi connectivity index (χ1v) is 8.42. The second-order valence-corrected chi connectivity index (χ2v) is 6.03. The van der Waals surface area contributed by atoms with E-state index in [1.165, 1.54) is 12.5 Å². The van der Waals surface area contributed by atoms with Gasteiger partial charge >= 0.3 is 0 Å². The van der Waals surface area contributed by atoms with Crippen molar-refractivity contribution in [1.82, 2.24) is 0 Å². The van der Waals surface area contributed by atoms with Crippen molar-refractivity contribution >= 4 is 23.2 Å². The highest BCUT2D eigenvalue weighted by molar-refractivity contribution is 6.05. The maximum absolute atomic E-state index is 12.6. The molecule has 0 saturated heterocycles. The lowest BCUT2D eigenvalue weighted by Crippen LogP contribution is -2.13. The summed E-state index contributed by atoms with van der Waals surface area (Å²) in [5.74, 6) is -0.322. The van der Waals surface area contributed by atoms with Crippen LogP contribution in [0.4, 0.5) is 11.4 Å². The Morgan fingerprint density at radius 3 is 2.12 bits per heavy atom. The van der Waals surface area contributed by atoms with Crippen LogP contribution in [-0.2, 0) is 11.2 Å². The number of nitrogens with one attached hydrogen (secondary N) is 2. The predicted molar refractivity (Wildman–Crippen MR) is 104 cm³/mol. The average Bonchev–Trinajstić information content (AvgIpc) is 2.64. The van der Waals surface area contributed by atoms with Crippen molar-refractivity contribution in [2.45, 2.75) is 13.3 Å². The highest BCUT2D eigenvalue weighted by Gasteiger charge is 2.09. The number of carbonyl (C=O) groups is 2. The second kappa shape index (κ2) is 8.12. The van der Waals surface area contributed by atoms with E-state index in [9.17, 15) is 9.59 Å². The molecule has 0 saturated carbocycles. The molecule has 0 fully saturated rings. The molecular formula is C22H20N2O2. The van der Waals surface area contributed by atoms with E-state index >= 15 is 0 Å². The van der Waals surface area contributed by atoms with Gasteiger partial charge in [-0.3, -0.25) is 9.59 Å². The van der Waals surface area contributed by atoms with Gasteiger partial charge in [0, 0.05) is 23.9 Å². The van der Waals surface area contributed by atoms with Crippen LogP contribution in [-0.4, -0.2) is 11.8 Å². The van der Waals surface area contributed by atoms with Crippen LogP contribution in [0, 0.1) is 0 Å². The Labute approximate surface area is 152 Å². The molecule has 3 aromatic carbocycles. The number of rotatable bonds is 5. The van der Waals surface area contributed by atoms with Gasteiger partial charge in [-0.25, -0.2) is 0 Å². The maximum atomic E-state index is 12.6. The quantitative estimate of drug-likeness (QED) is 0.716. The first-order valence-electron chi connectivity index (χ1n) is 8.42. The summed E-state index contributed by atoms with van der Waals surface area (Å²) in [5.41, 5.74) is 4.25. The van der Waals surface area contributed by atoms with Gasteiger partial charge in [-0.05, 0) is 47.9 Å². The molecule has 4 nitrogen and oxygen atoms in total. The van der Waals surface area contributed by atoms with Crippen molar-refractivity contribution in [3.05, 3.63) is 95.6 Å². The topological polar surface area (TPSA) is 58.2 Å². The highest BCUT2D eigenvalue weighted by atomic mass is 16.2. The van der Waals surface area contributed by atoms with Gasteiger partial charge in [-0.1, -0.05) is 48.5 Å². The molecule has 130 valence electrons. The number of benzene rings is 3. The molecule has 0 bridgehead atoms. The van der Waals surface area contributed by atoms with Gasteiger partial charge in [0.1, 0.15) is 0 Å². The van der Waals surface area contributed by atoms with Gasteiger partial charge in [0.2, 0.25) is 5.91 Å². The predicted octanol–water partition coefficient (Wildman–Crippen LogP) is 4.49. The lowest BCUT2D eigenvalue weighted by molar-refractivity contribution is -0.114. The summed E-state index contributed by atoms with van der Waals surface area (Å²) >= 11 is 0. The Kier molecular flexibility index (Phi) is 5.44. The molecule has 0 aromatic heterocycles. The fourth-order valence-corrected chi connectivity index (χ4v) is 2.71. The normalized spacial score (nSPS) is 10.2. The van der Waals surface area contributed by atoms with E-state index in [0.29, 0.717) is 11.3 Å². The fraction of sp³-hybridized carbons (Fsp3) is 0.0909. The third-order valence-corrected chi connectivity index (χ3v) is 3.97. The molecule has 26 heavy (non-hydrogen) atoms. The van der Waals surface area contributed by atoms with E-state index in [-0.39, 0.29) is 11.8 Å². The number of hydrogen-bond donors (Lipinski definition) is 2. The summed E-state index contributed by atoms with van der Waals surface area (Å²) in [6, 6.07) is 24.8. The number of anilines is 2. The Balaban J connectivity index is 1.74. The van der Waals surface area contributed by atoms with Gasteiger partial charge in [-0.2, -0.15) is 0 Å². The zero-order valence-corrected chi connectivity index (χ0v) is 14.5. The van der Waals surface area contributed by atoms with Crippen LogP contribution in [0.15, 0.2) is 78.9 Å². The van der Waals surface area contributed by atoms with E-state index in [4.69, 9.17) is 0 Å². The number of amides is 2. The first kappa shape index (κ1) is 17.4. The molecule has 0 aliphatic carbocycles. The highest BCUT2D eigenvalue weighted by Crippen LogP contribution is 2.20. The average molecular weight is 344 g/mol. The van der Waals surface area contributed by atoms with Crippen molar-refractivity contribution in [3.8, 4) is 0 Å². The van der Waals surface area contributed by atoms with E-state index in [2.05, 4.69) is 22.8 Å². The van der Waals surface area contributed by atoms with Crippen LogP contribution >= 0.6 is 0 Å². The van der Waals surface area contributed by atoms with Crippen LogP contribution in [0.5, 0.6) is 0 Å². The van der Waals surface area contributed by atoms with E-state index in [1.54, 1.807) is 24.3 Å². The second-order valence-electron chi connectivity index (χ2n) is 6.03. The molecule has 0 atom stereocenters. The van der Waals surface area contributed by atoms with Crippen molar-refractivity contribution in [1.29, 1.82) is 0 Å². The summed E-state index contributed by atoms with van der Waals surface area (Å²) in [5, 5.41) is 5.67. The summed E-state index contributed by atoms with van der Waals surface area (Å²) in [6.45, 7) is 1.45. The zero-order chi connectivity index (χ0) is 18.4. The van der Waals surface area contributed by atoms with Gasteiger partial charge in [0.25, 0.3) is 5.91 Å². The minimum Gasteiger partial charge on any atom is -0.326 e. The monoisotopic (exact) mass is 344 g/mol. The van der Waals surface area contributed by atoms with Crippen LogP contribution < -0.4 is 10.6 Å². The fourth-order valence-electron chi connectivity index (χ4n) is 2.71. The summed E-state index contributed by atoms with van der Waals surface area (Å²) in [6.07, 6.45) is 0.749. The number of carbonyl (C=O) groups excluding carboxylic acids is 2.